The second-order valence-electron chi connectivity index (χ2n) is 10.6. The van der Waals surface area contributed by atoms with Crippen LogP contribution in [0.5, 0.6) is 11.5 Å². The topological polar surface area (TPSA) is 138 Å². The Labute approximate surface area is 254 Å². The maximum absolute atomic E-state index is 12.9. The molecule has 44 heavy (non-hydrogen) atoms. The number of amides is 2. The number of esters is 1. The smallest absolute Gasteiger partial charge is 0.415 e. The molecule has 2 aromatic carbocycles. The summed E-state index contributed by atoms with van der Waals surface area (Å²) in [5.41, 5.74) is 1.73. The number of carbonyl (C=O) groups excluding carboxylic acids is 3. The maximum atomic E-state index is 12.9. The summed E-state index contributed by atoms with van der Waals surface area (Å²) >= 11 is 0. The van der Waals surface area contributed by atoms with E-state index < -0.39 is 18.4 Å². The lowest BCUT2D eigenvalue weighted by atomic mass is 10.1. The van der Waals surface area contributed by atoms with Gasteiger partial charge in [-0.3, -0.25) is 14.9 Å². The zero-order chi connectivity index (χ0) is 31.2. The minimum absolute atomic E-state index is 0.146. The van der Waals surface area contributed by atoms with Gasteiger partial charge in [0.15, 0.2) is 11.5 Å². The Morgan fingerprint density at radius 3 is 2.43 bits per heavy atom. The molecule has 12 heteroatoms. The fourth-order valence-corrected chi connectivity index (χ4v) is 4.91. The number of nitrogens with zero attached hydrogens (tertiary/aromatic N) is 5. The second-order valence-corrected chi connectivity index (χ2v) is 10.6. The molecule has 4 aromatic rings. The van der Waals surface area contributed by atoms with Gasteiger partial charge in [0, 0.05) is 25.6 Å². The Morgan fingerprint density at radius 2 is 1.73 bits per heavy atom. The van der Waals surface area contributed by atoms with Crippen LogP contribution in [0.15, 0.2) is 73.6 Å². The number of ether oxygens (including phenoxy) is 3. The zero-order valence-electron chi connectivity index (χ0n) is 24.8. The average molecular weight is 599 g/mol. The van der Waals surface area contributed by atoms with E-state index in [1.165, 1.54) is 19.3 Å². The molecule has 0 bridgehead atoms. The third-order valence-corrected chi connectivity index (χ3v) is 7.07. The Kier molecular flexibility index (Phi) is 9.17. The van der Waals surface area contributed by atoms with Gasteiger partial charge in [-0.25, -0.2) is 19.4 Å². The summed E-state index contributed by atoms with van der Waals surface area (Å²) in [5.74, 6) is 0.501. The first-order chi connectivity index (χ1) is 21.2. The molecule has 0 aliphatic carbocycles. The maximum Gasteiger partial charge on any atom is 0.415 e. The van der Waals surface area contributed by atoms with Crippen LogP contribution in [0.2, 0.25) is 0 Å². The summed E-state index contributed by atoms with van der Waals surface area (Å²) in [7, 11) is 0. The lowest BCUT2D eigenvalue weighted by Gasteiger charge is -2.32. The molecule has 3 heterocycles. The predicted molar refractivity (Wildman–Crippen MR) is 163 cm³/mol. The van der Waals surface area contributed by atoms with E-state index in [0.29, 0.717) is 41.3 Å². The molecule has 1 N–H and O–H groups in total. The molecule has 0 saturated carbocycles. The van der Waals surface area contributed by atoms with Gasteiger partial charge in [-0.1, -0.05) is 38.6 Å². The molecule has 0 unspecified atom stereocenters. The van der Waals surface area contributed by atoms with E-state index >= 15 is 0 Å². The number of hydrogen-bond acceptors (Lipinski definition) is 9. The highest BCUT2D eigenvalue weighted by molar-refractivity contribution is 6.03. The molecule has 2 atom stereocenters. The number of carbonyl (C=O) groups is 3. The average Bonchev–Trinajstić information content (AvgIpc) is 3.42. The van der Waals surface area contributed by atoms with E-state index in [0.717, 1.165) is 18.4 Å². The van der Waals surface area contributed by atoms with E-state index in [-0.39, 0.29) is 23.7 Å². The van der Waals surface area contributed by atoms with Gasteiger partial charge in [0.25, 0.3) is 0 Å². The van der Waals surface area contributed by atoms with Crippen molar-refractivity contribution in [2.75, 3.05) is 18.4 Å². The Morgan fingerprint density at radius 1 is 1.00 bits per heavy atom. The fraction of sp³-hybridized carbons (Fsp3) is 0.312. The molecule has 0 spiro atoms. The number of nitrogens with one attached hydrogen (secondary N) is 1. The lowest BCUT2D eigenvalue weighted by molar-refractivity contribution is -0.168. The van der Waals surface area contributed by atoms with Gasteiger partial charge in [0.1, 0.15) is 23.5 Å². The molecular weight excluding hydrogens is 564 g/mol. The van der Waals surface area contributed by atoms with Gasteiger partial charge in [-0.05, 0) is 55.3 Å². The monoisotopic (exact) mass is 598 g/mol. The first-order valence-corrected chi connectivity index (χ1v) is 14.4. The van der Waals surface area contributed by atoms with Gasteiger partial charge in [0.2, 0.25) is 12.2 Å². The molecule has 1 saturated heterocycles. The molecule has 5 rings (SSSR count). The van der Waals surface area contributed by atoms with Crippen LogP contribution in [-0.4, -0.2) is 62.0 Å². The minimum atomic E-state index is -1.11. The van der Waals surface area contributed by atoms with Crippen LogP contribution in [0.3, 0.4) is 0 Å². The van der Waals surface area contributed by atoms with Gasteiger partial charge < -0.3 is 19.1 Å². The Hall–Kier alpha value is -5.26. The normalized spacial score (nSPS) is 15.5. The van der Waals surface area contributed by atoms with Crippen molar-refractivity contribution in [1.82, 2.24) is 24.6 Å². The highest BCUT2D eigenvalue weighted by Crippen LogP contribution is 2.36. The summed E-state index contributed by atoms with van der Waals surface area (Å²) in [6, 6.07) is 16.6. The third-order valence-electron chi connectivity index (χ3n) is 7.07. The van der Waals surface area contributed by atoms with Crippen molar-refractivity contribution in [1.29, 1.82) is 0 Å². The van der Waals surface area contributed by atoms with Crippen LogP contribution < -0.4 is 10.1 Å². The Bertz CT molecular complexity index is 1650. The third kappa shape index (κ3) is 6.86. The summed E-state index contributed by atoms with van der Waals surface area (Å²) in [6.07, 6.45) is 2.21. The number of anilines is 1. The van der Waals surface area contributed by atoms with Crippen molar-refractivity contribution < 1.29 is 28.6 Å². The van der Waals surface area contributed by atoms with Crippen LogP contribution in [0, 0.1) is 5.92 Å². The van der Waals surface area contributed by atoms with E-state index in [4.69, 9.17) is 19.3 Å². The van der Waals surface area contributed by atoms with Crippen LogP contribution in [0.25, 0.3) is 22.3 Å². The predicted octanol–water partition coefficient (Wildman–Crippen LogP) is 5.73. The standard InChI is InChI=1S/C32H34N6O6/c1-5-26(39)37-17-9-10-23(18-37)38-30-27(29(33-19-34-30)35-32(41)43-21(4)42-31(40)20(2)3)28(36-38)22-13-15-25(16-14-22)44-24-11-7-6-8-12-24/h5-8,11-16,19-21,23H,1,9-10,17-18H2,2-4H3,(H,33,34,35,41)/t21-,23+/m0/s1. The SMILES string of the molecule is C=CC(=O)N1CCC[C@@H](n2nc(-c3ccc(Oc4ccccc4)cc3)c3c(NC(=O)O[C@@H](C)OC(=O)C(C)C)ncnc32)C1. The highest BCUT2D eigenvalue weighted by atomic mass is 16.7. The van der Waals surface area contributed by atoms with E-state index in [1.807, 2.05) is 54.6 Å². The fourth-order valence-electron chi connectivity index (χ4n) is 4.91. The molecule has 228 valence electrons. The van der Waals surface area contributed by atoms with Crippen molar-refractivity contribution in [3.05, 3.63) is 73.6 Å². The summed E-state index contributed by atoms with van der Waals surface area (Å²) in [4.78, 5) is 47.8. The lowest BCUT2D eigenvalue weighted by Crippen LogP contribution is -2.40. The molecule has 1 aliphatic heterocycles. The highest BCUT2D eigenvalue weighted by Gasteiger charge is 2.29. The zero-order valence-corrected chi connectivity index (χ0v) is 24.8. The number of aromatic nitrogens is 4. The van der Waals surface area contributed by atoms with Crippen molar-refractivity contribution >= 4 is 34.8 Å². The number of hydrogen-bond donors (Lipinski definition) is 1. The largest absolute Gasteiger partial charge is 0.457 e. The van der Waals surface area contributed by atoms with Crippen LogP contribution in [0.1, 0.15) is 39.7 Å². The van der Waals surface area contributed by atoms with Crippen molar-refractivity contribution in [2.45, 2.75) is 45.9 Å². The number of benzene rings is 2. The van der Waals surface area contributed by atoms with Crippen molar-refractivity contribution in [3.8, 4) is 22.8 Å². The van der Waals surface area contributed by atoms with Crippen LogP contribution >= 0.6 is 0 Å². The van der Waals surface area contributed by atoms with Gasteiger partial charge >= 0.3 is 12.1 Å². The molecule has 0 radical (unpaired) electrons. The summed E-state index contributed by atoms with van der Waals surface area (Å²) < 4.78 is 18.2. The van der Waals surface area contributed by atoms with Crippen molar-refractivity contribution in [2.24, 2.45) is 5.92 Å². The van der Waals surface area contributed by atoms with Crippen LogP contribution in [-0.2, 0) is 19.1 Å². The van der Waals surface area contributed by atoms with E-state index in [2.05, 4.69) is 21.9 Å². The summed E-state index contributed by atoms with van der Waals surface area (Å²) in [5, 5.41) is 8.10. The van der Waals surface area contributed by atoms with Gasteiger partial charge in [0.05, 0.1) is 17.3 Å². The molecule has 2 amide bonds. The number of fused-ring (bicyclic) bond motifs is 1. The van der Waals surface area contributed by atoms with E-state index in [1.54, 1.807) is 23.4 Å². The number of piperidine rings is 1. The molecular formula is C32H34N6O6. The molecule has 12 nitrogen and oxygen atoms in total. The second kappa shape index (κ2) is 13.4. The summed E-state index contributed by atoms with van der Waals surface area (Å²) in [6.45, 7) is 9.50. The molecule has 1 aliphatic rings. The van der Waals surface area contributed by atoms with Gasteiger partial charge in [-0.15, -0.1) is 0 Å². The Balaban J connectivity index is 1.49. The number of para-hydroxylation sites is 1. The van der Waals surface area contributed by atoms with Crippen molar-refractivity contribution in [3.63, 3.8) is 0 Å². The quantitative estimate of drug-likeness (QED) is 0.145. The molecule has 1 fully saturated rings. The minimum Gasteiger partial charge on any atom is -0.457 e. The first-order valence-electron chi connectivity index (χ1n) is 14.4. The van der Waals surface area contributed by atoms with Gasteiger partial charge in [-0.2, -0.15) is 5.10 Å². The molecule has 2 aromatic heterocycles. The van der Waals surface area contributed by atoms with Crippen LogP contribution in [0.4, 0.5) is 10.6 Å². The number of likely N-dealkylation sites (tertiary alicyclic amines) is 1. The number of rotatable bonds is 9. The first kappa shape index (κ1) is 30.2. The van der Waals surface area contributed by atoms with E-state index in [9.17, 15) is 14.4 Å².